The second-order valence-corrected chi connectivity index (χ2v) is 11.6. The van der Waals surface area contributed by atoms with E-state index in [1.807, 2.05) is 0 Å². The average Bonchev–Trinajstić information content (AvgIpc) is 2.73. The molecule has 2 N–H and O–H groups in total. The van der Waals surface area contributed by atoms with E-state index in [4.69, 9.17) is 11.6 Å². The number of sulfonamides is 1. The summed E-state index contributed by atoms with van der Waals surface area (Å²) in [6.07, 6.45) is 0. The van der Waals surface area contributed by atoms with Crippen LogP contribution in [0.4, 0.5) is 0 Å². The maximum absolute atomic E-state index is 12.8. The normalized spacial score (nSPS) is 17.3. The van der Waals surface area contributed by atoms with Gasteiger partial charge in [0.25, 0.3) is 5.91 Å². The standard InChI is InChI=1S/C19H20ClN3O6S2/c1-13(17-12-15(20)5-6-18(17)24)21-22-19(25)14-3-2-4-16(11-14)31(28,29)23-7-9-30(26,27)10-8-23/h2-6,11-12,24H,7-10H2,1H3,(H,22,25)/b21-13+. The number of hydrogen-bond donors (Lipinski definition) is 2. The lowest BCUT2D eigenvalue weighted by Crippen LogP contribution is -2.43. The van der Waals surface area contributed by atoms with Gasteiger partial charge in [-0.1, -0.05) is 17.7 Å². The minimum atomic E-state index is -3.95. The van der Waals surface area contributed by atoms with Crippen LogP contribution in [0.1, 0.15) is 22.8 Å². The van der Waals surface area contributed by atoms with Crippen LogP contribution in [0.5, 0.6) is 5.75 Å². The first kappa shape index (κ1) is 23.2. The van der Waals surface area contributed by atoms with E-state index in [0.717, 1.165) is 4.31 Å². The highest BCUT2D eigenvalue weighted by molar-refractivity contribution is 7.92. The van der Waals surface area contributed by atoms with Crippen LogP contribution >= 0.6 is 11.6 Å². The number of amides is 1. The van der Waals surface area contributed by atoms with E-state index in [2.05, 4.69) is 10.5 Å². The summed E-state index contributed by atoms with van der Waals surface area (Å²) in [4.78, 5) is 12.4. The van der Waals surface area contributed by atoms with E-state index in [-0.39, 0.29) is 40.8 Å². The number of carbonyl (C=O) groups excluding carboxylic acids is 1. The molecule has 2 aromatic rings. The summed E-state index contributed by atoms with van der Waals surface area (Å²) in [5.41, 5.74) is 3.01. The van der Waals surface area contributed by atoms with E-state index in [9.17, 15) is 26.7 Å². The molecule has 0 aliphatic carbocycles. The van der Waals surface area contributed by atoms with Gasteiger partial charge in [-0.15, -0.1) is 0 Å². The van der Waals surface area contributed by atoms with Crippen LogP contribution in [0, 0.1) is 0 Å². The number of hydrazone groups is 1. The molecule has 1 aliphatic heterocycles. The molecule has 0 unspecified atom stereocenters. The summed E-state index contributed by atoms with van der Waals surface area (Å²) in [7, 11) is -7.18. The minimum Gasteiger partial charge on any atom is -0.507 e. The molecule has 3 rings (SSSR count). The zero-order chi connectivity index (χ0) is 22.8. The highest BCUT2D eigenvalue weighted by Crippen LogP contribution is 2.22. The molecule has 0 aromatic heterocycles. The highest BCUT2D eigenvalue weighted by atomic mass is 35.5. The Morgan fingerprint density at radius 2 is 1.84 bits per heavy atom. The Balaban J connectivity index is 1.78. The smallest absolute Gasteiger partial charge is 0.271 e. The Bertz CT molecular complexity index is 1250. The number of hydrogen-bond acceptors (Lipinski definition) is 7. The maximum Gasteiger partial charge on any atom is 0.271 e. The molecular formula is C19H20ClN3O6S2. The average molecular weight is 486 g/mol. The van der Waals surface area contributed by atoms with Gasteiger partial charge in [-0.05, 0) is 43.3 Å². The Morgan fingerprint density at radius 1 is 1.16 bits per heavy atom. The second-order valence-electron chi connectivity index (χ2n) is 6.88. The molecule has 0 radical (unpaired) electrons. The van der Waals surface area contributed by atoms with Gasteiger partial charge < -0.3 is 5.11 Å². The number of rotatable bonds is 5. The van der Waals surface area contributed by atoms with Gasteiger partial charge >= 0.3 is 0 Å². The largest absolute Gasteiger partial charge is 0.507 e. The molecule has 1 aliphatic rings. The lowest BCUT2D eigenvalue weighted by Gasteiger charge is -2.26. The molecule has 12 heteroatoms. The molecule has 2 aromatic carbocycles. The Morgan fingerprint density at radius 3 is 2.52 bits per heavy atom. The van der Waals surface area contributed by atoms with Crippen molar-refractivity contribution in [3.8, 4) is 5.75 Å². The zero-order valence-corrected chi connectivity index (χ0v) is 18.8. The van der Waals surface area contributed by atoms with E-state index >= 15 is 0 Å². The predicted molar refractivity (Wildman–Crippen MR) is 117 cm³/mol. The quantitative estimate of drug-likeness (QED) is 0.488. The van der Waals surface area contributed by atoms with Gasteiger partial charge in [0.1, 0.15) is 5.75 Å². The van der Waals surface area contributed by atoms with Gasteiger partial charge in [-0.2, -0.15) is 9.41 Å². The monoisotopic (exact) mass is 485 g/mol. The zero-order valence-electron chi connectivity index (χ0n) is 16.4. The van der Waals surface area contributed by atoms with Crippen molar-refractivity contribution < 1.29 is 26.7 Å². The molecule has 0 saturated carbocycles. The number of aromatic hydroxyl groups is 1. The molecule has 1 saturated heterocycles. The molecular weight excluding hydrogens is 466 g/mol. The molecule has 0 bridgehead atoms. The molecule has 1 amide bonds. The number of nitrogens with one attached hydrogen (secondary N) is 1. The van der Waals surface area contributed by atoms with Crippen LogP contribution < -0.4 is 5.43 Å². The fourth-order valence-corrected chi connectivity index (χ4v) is 6.03. The van der Waals surface area contributed by atoms with E-state index in [1.54, 1.807) is 6.92 Å². The van der Waals surface area contributed by atoms with Crippen LogP contribution in [-0.2, 0) is 19.9 Å². The second kappa shape index (κ2) is 8.95. The molecule has 1 heterocycles. The highest BCUT2D eigenvalue weighted by Gasteiger charge is 2.31. The molecule has 166 valence electrons. The van der Waals surface area contributed by atoms with Crippen molar-refractivity contribution in [3.63, 3.8) is 0 Å². The molecule has 9 nitrogen and oxygen atoms in total. The van der Waals surface area contributed by atoms with E-state index in [0.29, 0.717) is 16.3 Å². The van der Waals surface area contributed by atoms with Crippen molar-refractivity contribution in [2.45, 2.75) is 11.8 Å². The van der Waals surface area contributed by atoms with Crippen molar-refractivity contribution >= 4 is 43.1 Å². The Kier molecular flexibility index (Phi) is 6.70. The number of halogens is 1. The Hall–Kier alpha value is -2.47. The fourth-order valence-electron chi connectivity index (χ4n) is 2.94. The summed E-state index contributed by atoms with van der Waals surface area (Å²) in [6.45, 7) is 1.30. The van der Waals surface area contributed by atoms with E-state index in [1.165, 1.54) is 42.5 Å². The van der Waals surface area contributed by atoms with Crippen LogP contribution in [0.15, 0.2) is 52.5 Å². The first-order valence-corrected chi connectivity index (χ1v) is 12.8. The summed E-state index contributed by atoms with van der Waals surface area (Å²) >= 11 is 5.91. The van der Waals surface area contributed by atoms with Crippen LogP contribution in [0.2, 0.25) is 5.02 Å². The number of carbonyl (C=O) groups is 1. The van der Waals surface area contributed by atoms with Crippen LogP contribution in [0.25, 0.3) is 0 Å². The third-order valence-corrected chi connectivity index (χ3v) is 8.45. The molecule has 31 heavy (non-hydrogen) atoms. The Labute approximate surface area is 185 Å². The van der Waals surface area contributed by atoms with Crippen LogP contribution in [-0.4, -0.2) is 62.5 Å². The van der Waals surface area contributed by atoms with Crippen molar-refractivity contribution in [1.29, 1.82) is 0 Å². The van der Waals surface area contributed by atoms with Gasteiger partial charge in [0.15, 0.2) is 9.84 Å². The molecule has 0 atom stereocenters. The number of nitrogens with zero attached hydrogens (tertiary/aromatic N) is 2. The van der Waals surface area contributed by atoms with Gasteiger partial charge in [0.2, 0.25) is 10.0 Å². The topological polar surface area (TPSA) is 133 Å². The fraction of sp³-hybridized carbons (Fsp3) is 0.263. The molecule has 0 spiro atoms. The number of phenols is 1. The summed E-state index contributed by atoms with van der Waals surface area (Å²) in [5, 5.41) is 14.2. The predicted octanol–water partition coefficient (Wildman–Crippen LogP) is 1.62. The van der Waals surface area contributed by atoms with E-state index < -0.39 is 25.8 Å². The van der Waals surface area contributed by atoms with Gasteiger partial charge in [0, 0.05) is 29.2 Å². The summed E-state index contributed by atoms with van der Waals surface area (Å²) in [6, 6.07) is 9.80. The maximum atomic E-state index is 12.8. The van der Waals surface area contributed by atoms with Gasteiger partial charge in [-0.3, -0.25) is 4.79 Å². The van der Waals surface area contributed by atoms with Gasteiger partial charge in [0.05, 0.1) is 22.1 Å². The SMILES string of the molecule is C/C(=N\NC(=O)c1cccc(S(=O)(=O)N2CCS(=O)(=O)CC2)c1)c1cc(Cl)ccc1O. The van der Waals surface area contributed by atoms with Crippen molar-refractivity contribution in [3.05, 3.63) is 58.6 Å². The first-order chi connectivity index (χ1) is 14.5. The minimum absolute atomic E-state index is 0.0533. The third kappa shape index (κ3) is 5.42. The number of benzene rings is 2. The summed E-state index contributed by atoms with van der Waals surface area (Å²) in [5.74, 6) is -1.19. The van der Waals surface area contributed by atoms with Gasteiger partial charge in [-0.25, -0.2) is 22.3 Å². The number of sulfone groups is 1. The molecule has 1 fully saturated rings. The summed E-state index contributed by atoms with van der Waals surface area (Å²) < 4.78 is 49.9. The first-order valence-electron chi connectivity index (χ1n) is 9.14. The van der Waals surface area contributed by atoms with Crippen LogP contribution in [0.3, 0.4) is 0 Å². The lowest BCUT2D eigenvalue weighted by molar-refractivity contribution is 0.0954. The lowest BCUT2D eigenvalue weighted by atomic mass is 10.1. The van der Waals surface area contributed by atoms with Crippen molar-refractivity contribution in [2.75, 3.05) is 24.6 Å². The number of phenolic OH excluding ortho intramolecular Hbond substituents is 1. The van der Waals surface area contributed by atoms with Crippen molar-refractivity contribution in [1.82, 2.24) is 9.73 Å². The van der Waals surface area contributed by atoms with Crippen molar-refractivity contribution in [2.24, 2.45) is 5.10 Å². The third-order valence-electron chi connectivity index (χ3n) is 4.71.